The zero-order valence-electron chi connectivity index (χ0n) is 16.5. The average Bonchev–Trinajstić information content (AvgIpc) is 3.29. The second-order valence-corrected chi connectivity index (χ2v) is 9.22. The monoisotopic (exact) mass is 446 g/mol. The van der Waals surface area contributed by atoms with E-state index >= 15 is 0 Å². The fraction of sp³-hybridized carbons (Fsp3) is 0.190. The molecule has 0 bridgehead atoms. The number of benzene rings is 2. The van der Waals surface area contributed by atoms with Gasteiger partial charge >= 0.3 is 0 Å². The van der Waals surface area contributed by atoms with Gasteiger partial charge in [-0.05, 0) is 47.3 Å². The molecule has 0 saturated carbocycles. The van der Waals surface area contributed by atoms with Crippen LogP contribution >= 0.6 is 11.3 Å². The van der Waals surface area contributed by atoms with Crippen molar-refractivity contribution in [1.29, 1.82) is 0 Å². The van der Waals surface area contributed by atoms with Gasteiger partial charge in [-0.2, -0.15) is 0 Å². The number of carbonyl (C=O) groups is 1. The number of sulfonamides is 1. The van der Waals surface area contributed by atoms with Gasteiger partial charge in [0.1, 0.15) is 15.7 Å². The first kappa shape index (κ1) is 21.7. The summed E-state index contributed by atoms with van der Waals surface area (Å²) >= 11 is 1.15. The number of methoxy groups -OCH3 is 2. The number of anilines is 1. The van der Waals surface area contributed by atoms with E-state index in [4.69, 9.17) is 9.47 Å². The lowest BCUT2D eigenvalue weighted by atomic mass is 10.1. The molecule has 0 atom stereocenters. The third-order valence-corrected chi connectivity index (χ3v) is 7.07. The highest BCUT2D eigenvalue weighted by Crippen LogP contribution is 2.24. The standard InChI is InChI=1S/C21H22N2O5S2/c1-27-18-9-10-19(28-2)16(13-18)14-22-20(24)12-15-5-7-17(8-6-15)23-30(25,26)21-4-3-11-29-21/h3-11,13,23H,12,14H2,1-2H3,(H,22,24). The molecule has 0 saturated heterocycles. The van der Waals surface area contributed by atoms with Crippen LogP contribution < -0.4 is 19.5 Å². The van der Waals surface area contributed by atoms with Gasteiger partial charge < -0.3 is 14.8 Å². The van der Waals surface area contributed by atoms with Gasteiger partial charge in [0.25, 0.3) is 10.0 Å². The summed E-state index contributed by atoms with van der Waals surface area (Å²) in [4.78, 5) is 12.3. The van der Waals surface area contributed by atoms with Crippen molar-refractivity contribution in [3.8, 4) is 11.5 Å². The SMILES string of the molecule is COc1ccc(OC)c(CNC(=O)Cc2ccc(NS(=O)(=O)c3cccs3)cc2)c1. The molecular formula is C21H22N2O5S2. The van der Waals surface area contributed by atoms with Crippen molar-refractivity contribution in [2.45, 2.75) is 17.2 Å². The largest absolute Gasteiger partial charge is 0.497 e. The number of amides is 1. The summed E-state index contributed by atoms with van der Waals surface area (Å²) in [5, 5.41) is 4.57. The van der Waals surface area contributed by atoms with Gasteiger partial charge in [0.05, 0.1) is 20.6 Å². The number of nitrogens with one attached hydrogen (secondary N) is 2. The zero-order chi connectivity index (χ0) is 21.6. The smallest absolute Gasteiger partial charge is 0.271 e. The number of hydrogen-bond donors (Lipinski definition) is 2. The molecule has 0 aliphatic carbocycles. The van der Waals surface area contributed by atoms with Crippen molar-refractivity contribution in [2.75, 3.05) is 18.9 Å². The maximum absolute atomic E-state index is 12.3. The minimum absolute atomic E-state index is 0.160. The predicted molar refractivity (Wildman–Crippen MR) is 117 cm³/mol. The first-order chi connectivity index (χ1) is 14.4. The van der Waals surface area contributed by atoms with E-state index in [0.717, 1.165) is 22.5 Å². The van der Waals surface area contributed by atoms with Gasteiger partial charge in [0.2, 0.25) is 5.91 Å². The van der Waals surface area contributed by atoms with Crippen LogP contribution in [0, 0.1) is 0 Å². The quantitative estimate of drug-likeness (QED) is 0.525. The highest BCUT2D eigenvalue weighted by atomic mass is 32.2. The van der Waals surface area contributed by atoms with Gasteiger partial charge in [-0.25, -0.2) is 8.42 Å². The number of carbonyl (C=O) groups excluding carboxylic acids is 1. The molecule has 3 aromatic rings. The predicted octanol–water partition coefficient (Wildman–Crippen LogP) is 3.43. The van der Waals surface area contributed by atoms with E-state index in [-0.39, 0.29) is 16.5 Å². The van der Waals surface area contributed by atoms with Gasteiger partial charge in [0, 0.05) is 17.8 Å². The Kier molecular flexibility index (Phi) is 6.96. The molecule has 158 valence electrons. The summed E-state index contributed by atoms with van der Waals surface area (Å²) in [6.45, 7) is 0.303. The molecule has 0 fully saturated rings. The van der Waals surface area contributed by atoms with E-state index in [1.165, 1.54) is 0 Å². The number of ether oxygens (including phenoxy) is 2. The van der Waals surface area contributed by atoms with Crippen molar-refractivity contribution in [2.24, 2.45) is 0 Å². The maximum atomic E-state index is 12.3. The summed E-state index contributed by atoms with van der Waals surface area (Å²) in [6.07, 6.45) is 0.171. The minimum Gasteiger partial charge on any atom is -0.497 e. The molecule has 0 unspecified atom stereocenters. The van der Waals surface area contributed by atoms with E-state index in [0.29, 0.717) is 23.7 Å². The summed E-state index contributed by atoms with van der Waals surface area (Å²) in [5.74, 6) is 1.19. The Balaban J connectivity index is 1.57. The van der Waals surface area contributed by atoms with Crippen molar-refractivity contribution >= 4 is 33.0 Å². The Hall–Kier alpha value is -3.04. The normalized spacial score (nSPS) is 11.0. The van der Waals surface area contributed by atoms with Gasteiger partial charge in [-0.15, -0.1) is 11.3 Å². The van der Waals surface area contributed by atoms with Crippen LogP contribution in [0.4, 0.5) is 5.69 Å². The minimum atomic E-state index is -3.59. The van der Waals surface area contributed by atoms with E-state index in [2.05, 4.69) is 10.0 Å². The summed E-state index contributed by atoms with van der Waals surface area (Å²) in [6, 6.07) is 15.3. The molecule has 30 heavy (non-hydrogen) atoms. The van der Waals surface area contributed by atoms with Gasteiger partial charge in [-0.1, -0.05) is 18.2 Å². The first-order valence-corrected chi connectivity index (χ1v) is 11.4. The Labute approximate surface area is 179 Å². The fourth-order valence-corrected chi connectivity index (χ4v) is 4.83. The second kappa shape index (κ2) is 9.64. The third-order valence-electron chi connectivity index (χ3n) is 4.29. The Morgan fingerprint density at radius 3 is 2.43 bits per heavy atom. The van der Waals surface area contributed by atoms with Crippen LogP contribution in [0.25, 0.3) is 0 Å². The summed E-state index contributed by atoms with van der Waals surface area (Å²) in [7, 11) is -0.442. The molecule has 0 aliphatic rings. The highest BCUT2D eigenvalue weighted by Gasteiger charge is 2.15. The van der Waals surface area contributed by atoms with Crippen LogP contribution in [0.2, 0.25) is 0 Å². The Morgan fingerprint density at radius 1 is 1.03 bits per heavy atom. The lowest BCUT2D eigenvalue weighted by molar-refractivity contribution is -0.120. The molecule has 1 aromatic heterocycles. The van der Waals surface area contributed by atoms with Gasteiger partial charge in [0.15, 0.2) is 0 Å². The highest BCUT2D eigenvalue weighted by molar-refractivity contribution is 7.94. The lowest BCUT2D eigenvalue weighted by Crippen LogP contribution is -2.24. The van der Waals surface area contributed by atoms with Crippen molar-refractivity contribution in [3.05, 3.63) is 71.1 Å². The molecule has 1 amide bonds. The molecule has 2 aromatic carbocycles. The van der Waals surface area contributed by atoms with Crippen LogP contribution in [-0.2, 0) is 27.8 Å². The second-order valence-electron chi connectivity index (χ2n) is 6.37. The summed E-state index contributed by atoms with van der Waals surface area (Å²) < 4.78 is 37.8. The third kappa shape index (κ3) is 5.52. The molecule has 2 N–H and O–H groups in total. The van der Waals surface area contributed by atoms with Crippen LogP contribution in [0.1, 0.15) is 11.1 Å². The van der Waals surface area contributed by atoms with Crippen LogP contribution in [0.5, 0.6) is 11.5 Å². The van der Waals surface area contributed by atoms with Crippen LogP contribution in [-0.4, -0.2) is 28.5 Å². The first-order valence-electron chi connectivity index (χ1n) is 9.04. The topological polar surface area (TPSA) is 93.7 Å². The lowest BCUT2D eigenvalue weighted by Gasteiger charge is -2.12. The van der Waals surface area contributed by atoms with E-state index in [1.54, 1.807) is 68.1 Å². The van der Waals surface area contributed by atoms with E-state index in [9.17, 15) is 13.2 Å². The molecular weight excluding hydrogens is 424 g/mol. The molecule has 7 nitrogen and oxygen atoms in total. The van der Waals surface area contributed by atoms with Crippen LogP contribution in [0.15, 0.2) is 64.2 Å². The molecule has 9 heteroatoms. The van der Waals surface area contributed by atoms with Crippen molar-refractivity contribution < 1.29 is 22.7 Å². The van der Waals surface area contributed by atoms with Gasteiger partial charge in [-0.3, -0.25) is 9.52 Å². The average molecular weight is 447 g/mol. The zero-order valence-corrected chi connectivity index (χ0v) is 18.2. The van der Waals surface area contributed by atoms with E-state index in [1.807, 2.05) is 6.07 Å². The van der Waals surface area contributed by atoms with Crippen molar-refractivity contribution in [3.63, 3.8) is 0 Å². The Morgan fingerprint density at radius 2 is 1.80 bits per heavy atom. The fourth-order valence-electron chi connectivity index (χ4n) is 2.77. The summed E-state index contributed by atoms with van der Waals surface area (Å²) in [5.41, 5.74) is 2.02. The molecule has 0 spiro atoms. The molecule has 0 radical (unpaired) electrons. The molecule has 1 heterocycles. The number of rotatable bonds is 9. The number of hydrogen-bond acceptors (Lipinski definition) is 6. The molecule has 0 aliphatic heterocycles. The van der Waals surface area contributed by atoms with E-state index < -0.39 is 10.0 Å². The Bertz CT molecular complexity index is 1090. The maximum Gasteiger partial charge on any atom is 0.271 e. The van der Waals surface area contributed by atoms with Crippen molar-refractivity contribution in [1.82, 2.24) is 5.32 Å². The number of thiophene rings is 1. The van der Waals surface area contributed by atoms with Crippen LogP contribution in [0.3, 0.4) is 0 Å². The molecule has 3 rings (SSSR count).